The zero-order valence-corrected chi connectivity index (χ0v) is 8.99. The van der Waals surface area contributed by atoms with Gasteiger partial charge in [-0.3, -0.25) is 0 Å². The molecule has 3 atom stereocenters. The average Bonchev–Trinajstić information content (AvgIpc) is 2.20. The Bertz CT molecular complexity index is 224. The summed E-state index contributed by atoms with van der Waals surface area (Å²) in [5.74, 6) is -0.298. The summed E-state index contributed by atoms with van der Waals surface area (Å²) < 4.78 is 5.29. The second kappa shape index (κ2) is 4.77. The van der Waals surface area contributed by atoms with E-state index in [1.807, 2.05) is 6.92 Å². The normalized spacial score (nSPS) is 34.9. The van der Waals surface area contributed by atoms with Crippen molar-refractivity contribution in [1.29, 1.82) is 5.26 Å². The molecule has 1 aliphatic carbocycles. The van der Waals surface area contributed by atoms with E-state index in [0.717, 1.165) is 19.3 Å². The highest BCUT2D eigenvalue weighted by molar-refractivity contribution is 5.04. The fourth-order valence-corrected chi connectivity index (χ4v) is 2.43. The van der Waals surface area contributed by atoms with Gasteiger partial charge in [0.1, 0.15) is 5.60 Å². The van der Waals surface area contributed by atoms with E-state index < -0.39 is 5.60 Å². The van der Waals surface area contributed by atoms with Crippen LogP contribution < -0.4 is 0 Å². The van der Waals surface area contributed by atoms with Gasteiger partial charge >= 0.3 is 0 Å². The fourth-order valence-electron chi connectivity index (χ4n) is 2.43. The zero-order chi connectivity index (χ0) is 10.6. The third kappa shape index (κ3) is 1.92. The lowest BCUT2D eigenvalue weighted by Crippen LogP contribution is -2.51. The molecule has 0 spiro atoms. The minimum Gasteiger partial charge on any atom is -0.386 e. The topological polar surface area (TPSA) is 53.2 Å². The van der Waals surface area contributed by atoms with Gasteiger partial charge in [0, 0.05) is 7.11 Å². The van der Waals surface area contributed by atoms with Gasteiger partial charge < -0.3 is 9.84 Å². The minimum absolute atomic E-state index is 0.166. The van der Waals surface area contributed by atoms with Gasteiger partial charge in [-0.25, -0.2) is 0 Å². The van der Waals surface area contributed by atoms with Crippen LogP contribution in [0.4, 0.5) is 0 Å². The Morgan fingerprint density at radius 1 is 1.64 bits per heavy atom. The summed E-state index contributed by atoms with van der Waals surface area (Å²) in [7, 11) is 1.62. The number of ether oxygens (including phenoxy) is 1. The number of methoxy groups -OCH3 is 1. The van der Waals surface area contributed by atoms with Crippen LogP contribution in [0.25, 0.3) is 0 Å². The number of aliphatic hydroxyl groups is 1. The third-order valence-corrected chi connectivity index (χ3v) is 3.30. The molecule has 0 radical (unpaired) electrons. The van der Waals surface area contributed by atoms with Crippen molar-refractivity contribution in [1.82, 2.24) is 0 Å². The van der Waals surface area contributed by atoms with Crippen LogP contribution in [-0.2, 0) is 4.74 Å². The lowest BCUT2D eigenvalue weighted by Gasteiger charge is -2.41. The van der Waals surface area contributed by atoms with Crippen LogP contribution in [-0.4, -0.2) is 23.9 Å². The molecular weight excluding hydrogens is 178 g/mol. The highest BCUT2D eigenvalue weighted by Crippen LogP contribution is 2.37. The molecule has 0 saturated heterocycles. The summed E-state index contributed by atoms with van der Waals surface area (Å²) in [6.07, 6.45) is 4.16. The number of nitrogens with zero attached hydrogens (tertiary/aromatic N) is 1. The van der Waals surface area contributed by atoms with Crippen LogP contribution in [0.15, 0.2) is 0 Å². The molecule has 3 heteroatoms. The zero-order valence-electron chi connectivity index (χ0n) is 8.99. The molecule has 80 valence electrons. The van der Waals surface area contributed by atoms with Crippen LogP contribution >= 0.6 is 0 Å². The standard InChI is InChI=1S/C11H19NO2/c1-3-9(8-12)11(13)7-5-4-6-10(11)14-2/h9-10,13H,3-7H2,1-2H3. The van der Waals surface area contributed by atoms with E-state index in [4.69, 9.17) is 10.00 Å². The molecule has 3 unspecified atom stereocenters. The largest absolute Gasteiger partial charge is 0.386 e. The molecule has 1 aliphatic rings. The van der Waals surface area contributed by atoms with E-state index in [1.54, 1.807) is 7.11 Å². The molecule has 1 saturated carbocycles. The Hall–Kier alpha value is -0.590. The predicted octanol–water partition coefficient (Wildman–Crippen LogP) is 1.86. The molecule has 1 fully saturated rings. The maximum Gasteiger partial charge on any atom is 0.106 e. The van der Waals surface area contributed by atoms with Gasteiger partial charge in [-0.05, 0) is 19.3 Å². The van der Waals surface area contributed by atoms with E-state index in [0.29, 0.717) is 12.8 Å². The predicted molar refractivity (Wildman–Crippen MR) is 53.6 cm³/mol. The Balaban J connectivity index is 2.81. The van der Waals surface area contributed by atoms with Crippen molar-refractivity contribution in [3.05, 3.63) is 0 Å². The quantitative estimate of drug-likeness (QED) is 0.751. The molecule has 0 aromatic rings. The van der Waals surface area contributed by atoms with Gasteiger partial charge in [0.05, 0.1) is 18.1 Å². The fraction of sp³-hybridized carbons (Fsp3) is 0.909. The Kier molecular flexibility index (Phi) is 3.91. The van der Waals surface area contributed by atoms with Crippen molar-refractivity contribution >= 4 is 0 Å². The van der Waals surface area contributed by atoms with Crippen molar-refractivity contribution in [2.45, 2.75) is 50.7 Å². The van der Waals surface area contributed by atoms with Crippen molar-refractivity contribution in [2.24, 2.45) is 5.92 Å². The average molecular weight is 197 g/mol. The van der Waals surface area contributed by atoms with Gasteiger partial charge in [-0.1, -0.05) is 19.8 Å². The second-order valence-corrected chi connectivity index (χ2v) is 4.05. The first-order valence-corrected chi connectivity index (χ1v) is 5.33. The van der Waals surface area contributed by atoms with E-state index in [2.05, 4.69) is 6.07 Å². The minimum atomic E-state index is -0.920. The van der Waals surface area contributed by atoms with Gasteiger partial charge in [0.15, 0.2) is 0 Å². The van der Waals surface area contributed by atoms with Gasteiger partial charge in [-0.15, -0.1) is 0 Å². The number of nitriles is 1. The van der Waals surface area contributed by atoms with Crippen molar-refractivity contribution < 1.29 is 9.84 Å². The van der Waals surface area contributed by atoms with Crippen LogP contribution in [0.2, 0.25) is 0 Å². The lowest BCUT2D eigenvalue weighted by atomic mass is 9.73. The molecular formula is C11H19NO2. The summed E-state index contributed by atoms with van der Waals surface area (Å²) >= 11 is 0. The number of hydrogen-bond donors (Lipinski definition) is 1. The molecule has 0 aromatic carbocycles. The second-order valence-electron chi connectivity index (χ2n) is 4.05. The maximum atomic E-state index is 10.4. The van der Waals surface area contributed by atoms with E-state index in [-0.39, 0.29) is 12.0 Å². The maximum absolute atomic E-state index is 10.4. The van der Waals surface area contributed by atoms with Crippen molar-refractivity contribution in [3.8, 4) is 6.07 Å². The SMILES string of the molecule is CCC(C#N)C1(O)CCCCC1OC. The smallest absolute Gasteiger partial charge is 0.106 e. The summed E-state index contributed by atoms with van der Waals surface area (Å²) in [5.41, 5.74) is -0.920. The first-order chi connectivity index (χ1) is 6.69. The third-order valence-electron chi connectivity index (χ3n) is 3.30. The van der Waals surface area contributed by atoms with Gasteiger partial charge in [0.2, 0.25) is 0 Å². The Morgan fingerprint density at radius 3 is 2.86 bits per heavy atom. The summed E-state index contributed by atoms with van der Waals surface area (Å²) in [4.78, 5) is 0. The van der Waals surface area contributed by atoms with Crippen LogP contribution in [0.1, 0.15) is 39.0 Å². The molecule has 0 aliphatic heterocycles. The summed E-state index contributed by atoms with van der Waals surface area (Å²) in [6, 6.07) is 2.20. The first kappa shape index (κ1) is 11.5. The molecule has 0 amide bonds. The van der Waals surface area contributed by atoms with Gasteiger partial charge in [-0.2, -0.15) is 5.26 Å². The van der Waals surface area contributed by atoms with Crippen molar-refractivity contribution in [3.63, 3.8) is 0 Å². The number of rotatable bonds is 3. The molecule has 0 heterocycles. The van der Waals surface area contributed by atoms with E-state index in [9.17, 15) is 5.11 Å². The highest BCUT2D eigenvalue weighted by Gasteiger charge is 2.45. The highest BCUT2D eigenvalue weighted by atomic mass is 16.5. The Labute approximate surface area is 85.7 Å². The molecule has 1 N–H and O–H groups in total. The van der Waals surface area contributed by atoms with E-state index >= 15 is 0 Å². The number of hydrogen-bond acceptors (Lipinski definition) is 3. The summed E-state index contributed by atoms with van der Waals surface area (Å²) in [5, 5.41) is 19.4. The molecule has 14 heavy (non-hydrogen) atoms. The first-order valence-electron chi connectivity index (χ1n) is 5.33. The lowest BCUT2D eigenvalue weighted by molar-refractivity contribution is -0.138. The van der Waals surface area contributed by atoms with Crippen molar-refractivity contribution in [2.75, 3.05) is 7.11 Å². The molecule has 0 bridgehead atoms. The molecule has 0 aromatic heterocycles. The van der Waals surface area contributed by atoms with Crippen LogP contribution in [0.3, 0.4) is 0 Å². The monoisotopic (exact) mass is 197 g/mol. The van der Waals surface area contributed by atoms with Gasteiger partial charge in [0.25, 0.3) is 0 Å². The Morgan fingerprint density at radius 2 is 2.36 bits per heavy atom. The summed E-state index contributed by atoms with van der Waals surface area (Å²) in [6.45, 7) is 1.94. The van der Waals surface area contributed by atoms with Crippen LogP contribution in [0.5, 0.6) is 0 Å². The van der Waals surface area contributed by atoms with Crippen LogP contribution in [0, 0.1) is 17.2 Å². The molecule has 3 nitrogen and oxygen atoms in total. The molecule has 1 rings (SSSR count). The van der Waals surface area contributed by atoms with E-state index in [1.165, 1.54) is 0 Å².